The topological polar surface area (TPSA) is 53.1 Å². The highest BCUT2D eigenvalue weighted by Gasteiger charge is 2.21. The fourth-order valence-electron chi connectivity index (χ4n) is 2.25. The second-order valence-corrected chi connectivity index (χ2v) is 4.89. The van der Waals surface area contributed by atoms with Crippen LogP contribution < -0.4 is 5.73 Å². The summed E-state index contributed by atoms with van der Waals surface area (Å²) in [4.78, 5) is 0. The van der Waals surface area contributed by atoms with Crippen molar-refractivity contribution in [2.75, 3.05) is 12.3 Å². The number of hydrogen-bond donors (Lipinski definition) is 1. The van der Waals surface area contributed by atoms with E-state index < -0.39 is 0 Å². The summed E-state index contributed by atoms with van der Waals surface area (Å²) in [6.07, 6.45) is 0.809. The normalized spacial score (nSPS) is 14.6. The molecule has 1 aliphatic heterocycles. The Balaban J connectivity index is 2.20. The summed E-state index contributed by atoms with van der Waals surface area (Å²) in [6.45, 7) is 3.26. The highest BCUT2D eigenvalue weighted by Crippen LogP contribution is 2.29. The molecule has 2 aromatic rings. The van der Waals surface area contributed by atoms with Crippen LogP contribution in [-0.4, -0.2) is 16.4 Å². The van der Waals surface area contributed by atoms with Crippen LogP contribution in [0.5, 0.6) is 0 Å². The van der Waals surface area contributed by atoms with E-state index in [1.54, 1.807) is 0 Å². The van der Waals surface area contributed by atoms with Crippen LogP contribution in [0.15, 0.2) is 18.2 Å². The number of hydrogen-bond acceptors (Lipinski definition) is 3. The Morgan fingerprint density at radius 1 is 1.44 bits per heavy atom. The fourth-order valence-corrected chi connectivity index (χ4v) is 2.44. The molecule has 0 saturated heterocycles. The minimum absolute atomic E-state index is 0.530. The van der Waals surface area contributed by atoms with Gasteiger partial charge in [-0.15, -0.1) is 5.10 Å². The Kier molecular flexibility index (Phi) is 2.76. The maximum Gasteiger partial charge on any atom is 0.151 e. The summed E-state index contributed by atoms with van der Waals surface area (Å²) in [6, 6.07) is 5.88. The monoisotopic (exact) mass is 263 g/mol. The molecule has 0 aliphatic carbocycles. The smallest absolute Gasteiger partial charge is 0.151 e. The molecule has 0 saturated carbocycles. The van der Waals surface area contributed by atoms with Gasteiger partial charge in [0.05, 0.1) is 29.6 Å². The SMILES string of the molecule is Cc1ccc(Cl)c(-n2nc(N)c3c2CCOC3)c1. The van der Waals surface area contributed by atoms with Crippen LogP contribution in [-0.2, 0) is 17.8 Å². The highest BCUT2D eigenvalue weighted by atomic mass is 35.5. The first-order chi connectivity index (χ1) is 8.66. The van der Waals surface area contributed by atoms with Gasteiger partial charge < -0.3 is 10.5 Å². The van der Waals surface area contributed by atoms with Crippen molar-refractivity contribution in [2.24, 2.45) is 0 Å². The second-order valence-electron chi connectivity index (χ2n) is 4.48. The van der Waals surface area contributed by atoms with Crippen molar-refractivity contribution < 1.29 is 4.74 Å². The molecule has 94 valence electrons. The number of halogens is 1. The Labute approximate surface area is 110 Å². The molecular formula is C13H14ClN3O. The van der Waals surface area contributed by atoms with Gasteiger partial charge in [-0.3, -0.25) is 0 Å². The fraction of sp³-hybridized carbons (Fsp3) is 0.308. The number of aromatic nitrogens is 2. The average molecular weight is 264 g/mol. The summed E-state index contributed by atoms with van der Waals surface area (Å²) in [5.41, 5.74) is 10.0. The number of nitrogens with zero attached hydrogens (tertiary/aromatic N) is 2. The van der Waals surface area contributed by atoms with Gasteiger partial charge in [-0.05, 0) is 24.6 Å². The molecule has 5 heteroatoms. The number of anilines is 1. The van der Waals surface area contributed by atoms with E-state index in [0.717, 1.165) is 28.9 Å². The summed E-state index contributed by atoms with van der Waals surface area (Å²) in [7, 11) is 0. The molecular weight excluding hydrogens is 250 g/mol. The second kappa shape index (κ2) is 4.30. The molecule has 2 N–H and O–H groups in total. The lowest BCUT2D eigenvalue weighted by Gasteiger charge is -2.15. The quantitative estimate of drug-likeness (QED) is 0.860. The van der Waals surface area contributed by atoms with E-state index in [1.807, 2.05) is 29.8 Å². The lowest BCUT2D eigenvalue weighted by Crippen LogP contribution is -2.13. The molecule has 0 atom stereocenters. The van der Waals surface area contributed by atoms with Gasteiger partial charge in [0, 0.05) is 12.0 Å². The number of aryl methyl sites for hydroxylation is 1. The molecule has 0 amide bonds. The predicted octanol–water partition coefficient (Wildman–Crippen LogP) is 2.49. The van der Waals surface area contributed by atoms with Crippen molar-refractivity contribution in [1.29, 1.82) is 0 Å². The number of fused-ring (bicyclic) bond motifs is 1. The molecule has 0 fully saturated rings. The van der Waals surface area contributed by atoms with E-state index >= 15 is 0 Å². The first-order valence-electron chi connectivity index (χ1n) is 5.87. The third kappa shape index (κ3) is 1.78. The summed E-state index contributed by atoms with van der Waals surface area (Å²) in [5.74, 6) is 0.530. The van der Waals surface area contributed by atoms with Gasteiger partial charge >= 0.3 is 0 Å². The standard InChI is InChI=1S/C13H14ClN3O/c1-8-2-3-10(14)12(6-8)17-11-4-5-18-7-9(11)13(15)16-17/h2-3,6H,4-5,7H2,1H3,(H2,15,16). The van der Waals surface area contributed by atoms with E-state index in [-0.39, 0.29) is 0 Å². The number of rotatable bonds is 1. The molecule has 0 unspecified atom stereocenters. The minimum atomic E-state index is 0.530. The average Bonchev–Trinajstić information content (AvgIpc) is 2.71. The number of ether oxygens (including phenoxy) is 1. The van der Waals surface area contributed by atoms with E-state index in [9.17, 15) is 0 Å². The molecule has 4 nitrogen and oxygen atoms in total. The van der Waals surface area contributed by atoms with Gasteiger partial charge in [0.15, 0.2) is 5.82 Å². The van der Waals surface area contributed by atoms with Crippen molar-refractivity contribution in [3.8, 4) is 5.69 Å². The number of nitrogens with two attached hydrogens (primary N) is 1. The number of nitrogen functional groups attached to an aromatic ring is 1. The van der Waals surface area contributed by atoms with E-state index in [0.29, 0.717) is 24.1 Å². The maximum absolute atomic E-state index is 6.25. The van der Waals surface area contributed by atoms with Crippen LogP contribution in [0.4, 0.5) is 5.82 Å². The zero-order valence-electron chi connectivity index (χ0n) is 10.1. The summed E-state index contributed by atoms with van der Waals surface area (Å²) >= 11 is 6.25. The molecule has 1 aromatic heterocycles. The first kappa shape index (κ1) is 11.6. The van der Waals surface area contributed by atoms with Crippen LogP contribution >= 0.6 is 11.6 Å². The largest absolute Gasteiger partial charge is 0.382 e. The van der Waals surface area contributed by atoms with Gasteiger partial charge in [0.2, 0.25) is 0 Å². The maximum atomic E-state index is 6.25. The predicted molar refractivity (Wildman–Crippen MR) is 71.1 cm³/mol. The van der Waals surface area contributed by atoms with E-state index in [2.05, 4.69) is 5.10 Å². The van der Waals surface area contributed by atoms with Crippen molar-refractivity contribution in [3.63, 3.8) is 0 Å². The zero-order valence-corrected chi connectivity index (χ0v) is 10.9. The van der Waals surface area contributed by atoms with E-state index in [1.165, 1.54) is 0 Å². The first-order valence-corrected chi connectivity index (χ1v) is 6.25. The van der Waals surface area contributed by atoms with Gasteiger partial charge in [0.25, 0.3) is 0 Å². The molecule has 1 aromatic carbocycles. The van der Waals surface area contributed by atoms with Gasteiger partial charge in [0.1, 0.15) is 0 Å². The summed E-state index contributed by atoms with van der Waals surface area (Å²) < 4.78 is 7.26. The van der Waals surface area contributed by atoms with Crippen LogP contribution in [0.25, 0.3) is 5.69 Å². The third-order valence-electron chi connectivity index (χ3n) is 3.18. The molecule has 3 rings (SSSR count). The van der Waals surface area contributed by atoms with E-state index in [4.69, 9.17) is 22.1 Å². The van der Waals surface area contributed by atoms with Gasteiger partial charge in [-0.25, -0.2) is 4.68 Å². The molecule has 0 radical (unpaired) electrons. The van der Waals surface area contributed by atoms with Crippen molar-refractivity contribution in [1.82, 2.24) is 9.78 Å². The Morgan fingerprint density at radius 2 is 2.28 bits per heavy atom. The minimum Gasteiger partial charge on any atom is -0.382 e. The molecule has 0 bridgehead atoms. The van der Waals surface area contributed by atoms with Gasteiger partial charge in [-0.1, -0.05) is 17.7 Å². The van der Waals surface area contributed by atoms with Crippen LogP contribution in [0, 0.1) is 6.92 Å². The molecule has 0 spiro atoms. The van der Waals surface area contributed by atoms with Crippen LogP contribution in [0.2, 0.25) is 5.02 Å². The Hall–Kier alpha value is -1.52. The zero-order chi connectivity index (χ0) is 12.7. The molecule has 18 heavy (non-hydrogen) atoms. The summed E-state index contributed by atoms with van der Waals surface area (Å²) in [5, 5.41) is 5.07. The van der Waals surface area contributed by atoms with Crippen molar-refractivity contribution in [2.45, 2.75) is 20.0 Å². The lowest BCUT2D eigenvalue weighted by molar-refractivity contribution is 0.110. The lowest BCUT2D eigenvalue weighted by atomic mass is 10.1. The molecule has 1 aliphatic rings. The highest BCUT2D eigenvalue weighted by molar-refractivity contribution is 6.32. The van der Waals surface area contributed by atoms with Crippen LogP contribution in [0.3, 0.4) is 0 Å². The van der Waals surface area contributed by atoms with Crippen LogP contribution in [0.1, 0.15) is 16.8 Å². The molecule has 2 heterocycles. The van der Waals surface area contributed by atoms with Crippen molar-refractivity contribution in [3.05, 3.63) is 40.0 Å². The third-order valence-corrected chi connectivity index (χ3v) is 3.50. The Bertz CT molecular complexity index is 607. The van der Waals surface area contributed by atoms with Crippen molar-refractivity contribution >= 4 is 17.4 Å². The Morgan fingerprint density at radius 3 is 3.11 bits per heavy atom. The van der Waals surface area contributed by atoms with Gasteiger partial charge in [-0.2, -0.15) is 0 Å². The number of benzene rings is 1.